The SMILES string of the molecule is [c]1ccc2c(c1)CCC[CH]2. The molecule has 0 heterocycles. The molecule has 0 amide bonds. The van der Waals surface area contributed by atoms with E-state index < -0.39 is 0 Å². The van der Waals surface area contributed by atoms with Gasteiger partial charge in [-0.1, -0.05) is 18.2 Å². The van der Waals surface area contributed by atoms with Crippen molar-refractivity contribution in [1.29, 1.82) is 0 Å². The largest absolute Gasteiger partial charge is 0.0578 e. The van der Waals surface area contributed by atoms with Crippen LogP contribution in [-0.2, 0) is 6.42 Å². The Morgan fingerprint density at radius 2 is 2.40 bits per heavy atom. The predicted molar refractivity (Wildman–Crippen MR) is 41.6 cm³/mol. The van der Waals surface area contributed by atoms with Crippen LogP contribution in [0.5, 0.6) is 0 Å². The van der Waals surface area contributed by atoms with E-state index >= 15 is 0 Å². The molecule has 1 aliphatic rings. The Labute approximate surface area is 61.9 Å². The highest BCUT2D eigenvalue weighted by molar-refractivity contribution is 5.34. The third-order valence-corrected chi connectivity index (χ3v) is 2.00. The van der Waals surface area contributed by atoms with Crippen LogP contribution in [0.25, 0.3) is 0 Å². The Kier molecular flexibility index (Phi) is 1.46. The molecule has 10 heavy (non-hydrogen) atoms. The zero-order valence-electron chi connectivity index (χ0n) is 5.93. The summed E-state index contributed by atoms with van der Waals surface area (Å²) in [6, 6.07) is 9.34. The Balaban J connectivity index is 2.41. The summed E-state index contributed by atoms with van der Waals surface area (Å²) in [5.74, 6) is 0. The van der Waals surface area contributed by atoms with Crippen LogP contribution in [0.3, 0.4) is 0 Å². The van der Waals surface area contributed by atoms with E-state index in [0.717, 1.165) is 0 Å². The Morgan fingerprint density at radius 1 is 1.40 bits per heavy atom. The lowest BCUT2D eigenvalue weighted by molar-refractivity contribution is 0.775. The average Bonchev–Trinajstić information content (AvgIpc) is 2.05. The molecular formula is C10H10. The first-order valence-corrected chi connectivity index (χ1v) is 3.79. The Morgan fingerprint density at radius 3 is 3.30 bits per heavy atom. The number of rotatable bonds is 0. The second-order valence-corrected chi connectivity index (χ2v) is 2.72. The zero-order chi connectivity index (χ0) is 6.81. The highest BCUT2D eigenvalue weighted by Gasteiger charge is 2.06. The van der Waals surface area contributed by atoms with Gasteiger partial charge < -0.3 is 0 Å². The van der Waals surface area contributed by atoms with Crippen LogP contribution in [0.4, 0.5) is 0 Å². The van der Waals surface area contributed by atoms with E-state index in [2.05, 4.69) is 24.6 Å². The molecular weight excluding hydrogens is 120 g/mol. The molecule has 0 atom stereocenters. The van der Waals surface area contributed by atoms with Gasteiger partial charge in [-0.3, -0.25) is 0 Å². The molecule has 0 nitrogen and oxygen atoms in total. The van der Waals surface area contributed by atoms with Crippen LogP contribution < -0.4 is 0 Å². The lowest BCUT2D eigenvalue weighted by Crippen LogP contribution is -1.99. The van der Waals surface area contributed by atoms with Crippen LogP contribution in [0.2, 0.25) is 0 Å². The minimum Gasteiger partial charge on any atom is -0.0578 e. The fourth-order valence-corrected chi connectivity index (χ4v) is 1.44. The summed E-state index contributed by atoms with van der Waals surface area (Å²) in [5, 5.41) is 0. The van der Waals surface area contributed by atoms with Crippen molar-refractivity contribution >= 4 is 0 Å². The first-order valence-electron chi connectivity index (χ1n) is 3.79. The van der Waals surface area contributed by atoms with E-state index in [9.17, 15) is 0 Å². The molecule has 0 unspecified atom stereocenters. The molecule has 0 bridgehead atoms. The molecule has 1 aromatic carbocycles. The quantitative estimate of drug-likeness (QED) is 0.505. The maximum absolute atomic E-state index is 3.10. The van der Waals surface area contributed by atoms with Crippen LogP contribution in [0.1, 0.15) is 24.0 Å². The van der Waals surface area contributed by atoms with Gasteiger partial charge in [0.25, 0.3) is 0 Å². The summed E-state index contributed by atoms with van der Waals surface area (Å²) >= 11 is 0. The van der Waals surface area contributed by atoms with Gasteiger partial charge in [-0.15, -0.1) is 0 Å². The minimum absolute atomic E-state index is 1.24. The number of benzene rings is 1. The van der Waals surface area contributed by atoms with E-state index in [0.29, 0.717) is 0 Å². The lowest BCUT2D eigenvalue weighted by Gasteiger charge is -2.13. The van der Waals surface area contributed by atoms with E-state index in [1.165, 1.54) is 30.4 Å². The van der Waals surface area contributed by atoms with Gasteiger partial charge in [-0.05, 0) is 42.9 Å². The van der Waals surface area contributed by atoms with E-state index in [1.807, 2.05) is 6.07 Å². The van der Waals surface area contributed by atoms with Crippen molar-refractivity contribution in [3.8, 4) is 0 Å². The summed E-state index contributed by atoms with van der Waals surface area (Å²) in [5.41, 5.74) is 2.89. The van der Waals surface area contributed by atoms with Gasteiger partial charge in [-0.25, -0.2) is 0 Å². The van der Waals surface area contributed by atoms with Crippen LogP contribution in [0, 0.1) is 12.5 Å². The first-order chi connectivity index (χ1) is 4.97. The molecule has 0 fully saturated rings. The van der Waals surface area contributed by atoms with Gasteiger partial charge in [-0.2, -0.15) is 0 Å². The fourth-order valence-electron chi connectivity index (χ4n) is 1.44. The van der Waals surface area contributed by atoms with Crippen molar-refractivity contribution in [3.63, 3.8) is 0 Å². The molecule has 0 heteroatoms. The molecule has 0 N–H and O–H groups in total. The molecule has 0 aromatic heterocycles. The maximum Gasteiger partial charge on any atom is -0.00901 e. The monoisotopic (exact) mass is 130 g/mol. The highest BCUT2D eigenvalue weighted by atomic mass is 14.1. The van der Waals surface area contributed by atoms with Crippen molar-refractivity contribution in [1.82, 2.24) is 0 Å². The van der Waals surface area contributed by atoms with Crippen molar-refractivity contribution in [2.24, 2.45) is 0 Å². The van der Waals surface area contributed by atoms with Gasteiger partial charge in [0, 0.05) is 0 Å². The second kappa shape index (κ2) is 2.45. The number of fused-ring (bicyclic) bond motifs is 1. The molecule has 1 aromatic rings. The van der Waals surface area contributed by atoms with Crippen molar-refractivity contribution in [3.05, 3.63) is 41.8 Å². The number of aryl methyl sites for hydroxylation is 1. The summed E-state index contributed by atoms with van der Waals surface area (Å²) in [6.45, 7) is 0. The van der Waals surface area contributed by atoms with Crippen LogP contribution >= 0.6 is 0 Å². The molecule has 1 aliphatic carbocycles. The third-order valence-electron chi connectivity index (χ3n) is 2.00. The topological polar surface area (TPSA) is 0 Å². The predicted octanol–water partition coefficient (Wildman–Crippen LogP) is 2.38. The summed E-state index contributed by atoms with van der Waals surface area (Å²) < 4.78 is 0. The molecule has 0 aliphatic heterocycles. The molecule has 2 rings (SSSR count). The molecule has 0 spiro atoms. The first kappa shape index (κ1) is 5.96. The summed E-state index contributed by atoms with van der Waals surface area (Å²) in [6.07, 6.45) is 6.11. The van der Waals surface area contributed by atoms with Crippen molar-refractivity contribution in [2.75, 3.05) is 0 Å². The molecule has 2 radical (unpaired) electrons. The van der Waals surface area contributed by atoms with Gasteiger partial charge >= 0.3 is 0 Å². The molecule has 0 saturated heterocycles. The Bertz CT molecular complexity index is 200. The highest BCUT2D eigenvalue weighted by Crippen LogP contribution is 2.21. The lowest BCUT2D eigenvalue weighted by atomic mass is 9.92. The number of hydrogen-bond acceptors (Lipinski definition) is 0. The second-order valence-electron chi connectivity index (χ2n) is 2.72. The van der Waals surface area contributed by atoms with Gasteiger partial charge in [0.1, 0.15) is 0 Å². The zero-order valence-corrected chi connectivity index (χ0v) is 5.93. The van der Waals surface area contributed by atoms with E-state index in [1.54, 1.807) is 0 Å². The van der Waals surface area contributed by atoms with Crippen LogP contribution in [-0.4, -0.2) is 0 Å². The van der Waals surface area contributed by atoms with Gasteiger partial charge in [0.2, 0.25) is 0 Å². The van der Waals surface area contributed by atoms with Gasteiger partial charge in [0.05, 0.1) is 0 Å². The van der Waals surface area contributed by atoms with Crippen molar-refractivity contribution < 1.29 is 0 Å². The summed E-state index contributed by atoms with van der Waals surface area (Å²) in [4.78, 5) is 0. The van der Waals surface area contributed by atoms with E-state index in [-0.39, 0.29) is 0 Å². The van der Waals surface area contributed by atoms with Crippen LogP contribution in [0.15, 0.2) is 18.2 Å². The Hall–Kier alpha value is -0.780. The smallest absolute Gasteiger partial charge is 0.00901 e. The number of hydrogen-bond donors (Lipinski definition) is 0. The minimum atomic E-state index is 1.24. The van der Waals surface area contributed by atoms with Gasteiger partial charge in [0.15, 0.2) is 0 Å². The third kappa shape index (κ3) is 0.942. The maximum atomic E-state index is 3.10. The average molecular weight is 130 g/mol. The fraction of sp³-hybridized carbons (Fsp3) is 0.300. The van der Waals surface area contributed by atoms with Crippen molar-refractivity contribution in [2.45, 2.75) is 19.3 Å². The normalized spacial score (nSPS) is 16.4. The summed E-state index contributed by atoms with van der Waals surface area (Å²) in [7, 11) is 0. The van der Waals surface area contributed by atoms with E-state index in [4.69, 9.17) is 0 Å². The molecule has 0 saturated carbocycles. The standard InChI is InChI=1S/C10H10/c1-2-6-10-8-4-3-7-9(10)5-1/h1,5-7H,3-4,8H2. The molecule has 50 valence electrons.